The van der Waals surface area contributed by atoms with E-state index >= 15 is 0 Å². The zero-order valence-corrected chi connectivity index (χ0v) is 17.9. The zero-order valence-electron chi connectivity index (χ0n) is 17.9. The first-order chi connectivity index (χ1) is 16.0. The molecule has 2 aliphatic carbocycles. The van der Waals surface area contributed by atoms with Crippen LogP contribution in [0.4, 0.5) is 4.39 Å². The predicted molar refractivity (Wildman–Crippen MR) is 127 cm³/mol. The fourth-order valence-electron chi connectivity index (χ4n) is 5.34. The average Bonchev–Trinajstić information content (AvgIpc) is 3.27. The molecule has 1 spiro atoms. The fraction of sp³-hybridized carbons (Fsp3) is 0.0667. The van der Waals surface area contributed by atoms with E-state index in [0.717, 1.165) is 27.8 Å². The lowest BCUT2D eigenvalue weighted by Gasteiger charge is -2.26. The number of benzene rings is 4. The van der Waals surface area contributed by atoms with E-state index in [1.54, 1.807) is 36.4 Å². The molecule has 0 bridgehead atoms. The van der Waals surface area contributed by atoms with Crippen LogP contribution in [0.15, 0.2) is 97.1 Å². The van der Waals surface area contributed by atoms with Gasteiger partial charge < -0.3 is 0 Å². The number of rotatable bonds is 2. The molecule has 0 radical (unpaired) electrons. The molecule has 158 valence electrons. The monoisotopic (exact) mass is 430 g/mol. The summed E-state index contributed by atoms with van der Waals surface area (Å²) >= 11 is 0. The van der Waals surface area contributed by atoms with Gasteiger partial charge in [0.05, 0.1) is 0 Å². The van der Waals surface area contributed by atoms with Gasteiger partial charge in [0, 0.05) is 11.1 Å². The van der Waals surface area contributed by atoms with Gasteiger partial charge in [-0.05, 0) is 52.5 Å². The molecule has 0 unspecified atom stereocenters. The highest BCUT2D eigenvalue weighted by atomic mass is 19.1. The van der Waals surface area contributed by atoms with Crippen LogP contribution in [0.3, 0.4) is 0 Å². The number of fused-ring (bicyclic) bond motifs is 3. The van der Waals surface area contributed by atoms with Gasteiger partial charge in [0.1, 0.15) is 11.2 Å². The Morgan fingerprint density at radius 2 is 1.12 bits per heavy atom. The molecule has 0 aliphatic heterocycles. The number of aryl methyl sites for hydroxylation is 1. The van der Waals surface area contributed by atoms with Crippen molar-refractivity contribution in [3.63, 3.8) is 0 Å². The molecule has 33 heavy (non-hydrogen) atoms. The second-order valence-corrected chi connectivity index (χ2v) is 8.62. The van der Waals surface area contributed by atoms with E-state index < -0.39 is 5.41 Å². The molecule has 4 aromatic carbocycles. The number of Topliss-reactive ketones (excluding diaryl/α,β-unsaturated/α-hetero) is 2. The average molecular weight is 430 g/mol. The third kappa shape index (κ3) is 2.53. The molecule has 0 heterocycles. The largest absolute Gasteiger partial charge is 0.292 e. The summed E-state index contributed by atoms with van der Waals surface area (Å²) in [6, 6.07) is 28.8. The molecular formula is C30H19FO2. The molecule has 4 aromatic rings. The molecule has 0 amide bonds. The summed E-state index contributed by atoms with van der Waals surface area (Å²) in [6.07, 6.45) is 0. The highest BCUT2D eigenvalue weighted by Crippen LogP contribution is 2.58. The minimum Gasteiger partial charge on any atom is -0.292 e. The van der Waals surface area contributed by atoms with Gasteiger partial charge in [-0.1, -0.05) is 90.5 Å². The third-order valence-electron chi connectivity index (χ3n) is 6.80. The normalized spacial score (nSPS) is 15.8. The van der Waals surface area contributed by atoms with Gasteiger partial charge in [-0.15, -0.1) is 0 Å². The van der Waals surface area contributed by atoms with Gasteiger partial charge >= 0.3 is 0 Å². The summed E-state index contributed by atoms with van der Waals surface area (Å²) in [5.41, 5.74) is 5.08. The number of ketones is 2. The topological polar surface area (TPSA) is 34.1 Å². The molecule has 0 saturated carbocycles. The van der Waals surface area contributed by atoms with Crippen LogP contribution in [-0.4, -0.2) is 11.6 Å². The Bertz CT molecular complexity index is 1460. The van der Waals surface area contributed by atoms with Gasteiger partial charge in [-0.2, -0.15) is 0 Å². The number of hydrogen-bond acceptors (Lipinski definition) is 2. The second-order valence-electron chi connectivity index (χ2n) is 8.62. The van der Waals surface area contributed by atoms with Gasteiger partial charge in [0.25, 0.3) is 0 Å². The van der Waals surface area contributed by atoms with Crippen molar-refractivity contribution < 1.29 is 14.0 Å². The number of halogens is 1. The number of allylic oxidation sites excluding steroid dienone is 1. The van der Waals surface area contributed by atoms with Crippen molar-refractivity contribution in [3.05, 3.63) is 142 Å². The summed E-state index contributed by atoms with van der Waals surface area (Å²) in [5.74, 6) is -0.746. The first-order valence-corrected chi connectivity index (χ1v) is 10.9. The molecule has 2 aliphatic rings. The van der Waals surface area contributed by atoms with E-state index in [1.165, 1.54) is 12.1 Å². The van der Waals surface area contributed by atoms with E-state index in [1.807, 2.05) is 55.5 Å². The summed E-state index contributed by atoms with van der Waals surface area (Å²) in [4.78, 5) is 28.3. The van der Waals surface area contributed by atoms with Crippen LogP contribution in [0.5, 0.6) is 0 Å². The summed E-state index contributed by atoms with van der Waals surface area (Å²) < 4.78 is 13.8. The van der Waals surface area contributed by atoms with Crippen LogP contribution in [0.25, 0.3) is 11.1 Å². The highest BCUT2D eigenvalue weighted by molar-refractivity contribution is 6.43. The van der Waals surface area contributed by atoms with Crippen LogP contribution >= 0.6 is 0 Å². The Hall–Kier alpha value is -4.11. The molecule has 0 saturated heterocycles. The maximum Gasteiger partial charge on any atom is 0.186 e. The van der Waals surface area contributed by atoms with Crippen molar-refractivity contribution in [2.24, 2.45) is 0 Å². The van der Waals surface area contributed by atoms with Crippen LogP contribution < -0.4 is 0 Å². The quantitative estimate of drug-likeness (QED) is 0.344. The Labute approximate surface area is 191 Å². The molecule has 0 atom stereocenters. The molecular weight excluding hydrogens is 411 g/mol. The van der Waals surface area contributed by atoms with Gasteiger partial charge in [0.15, 0.2) is 11.6 Å². The highest BCUT2D eigenvalue weighted by Gasteiger charge is 2.61. The standard InChI is InChI=1S/C30H19FO2/c1-18-10-12-20(13-11-18)27-26(19-14-16-21(31)17-15-19)24-8-4-5-9-25(24)30(27)28(32)22-6-2-3-7-23(22)29(30)33/h2-17H,1H3. The smallest absolute Gasteiger partial charge is 0.186 e. The van der Waals surface area contributed by atoms with Crippen LogP contribution in [0.2, 0.25) is 0 Å². The van der Waals surface area contributed by atoms with Crippen LogP contribution in [-0.2, 0) is 5.41 Å². The molecule has 0 aromatic heterocycles. The Balaban J connectivity index is 1.77. The number of hydrogen-bond donors (Lipinski definition) is 0. The zero-order chi connectivity index (χ0) is 22.7. The molecule has 2 nitrogen and oxygen atoms in total. The maximum atomic E-state index is 14.2. The van der Waals surface area contributed by atoms with Gasteiger partial charge in [-0.25, -0.2) is 4.39 Å². The molecule has 0 fully saturated rings. The first kappa shape index (κ1) is 19.6. The van der Waals surface area contributed by atoms with E-state index in [9.17, 15) is 14.0 Å². The third-order valence-corrected chi connectivity index (χ3v) is 6.80. The lowest BCUT2D eigenvalue weighted by molar-refractivity contribution is 0.0845. The van der Waals surface area contributed by atoms with Gasteiger partial charge in [0.2, 0.25) is 0 Å². The van der Waals surface area contributed by atoms with E-state index in [4.69, 9.17) is 0 Å². The molecule has 3 heteroatoms. The summed E-state index contributed by atoms with van der Waals surface area (Å²) in [5, 5.41) is 0. The van der Waals surface area contributed by atoms with Gasteiger partial charge in [-0.3, -0.25) is 9.59 Å². The number of carbonyl (C=O) groups excluding carboxylic acids is 2. The van der Waals surface area contributed by atoms with E-state index in [-0.39, 0.29) is 17.4 Å². The van der Waals surface area contributed by atoms with Crippen LogP contribution in [0, 0.1) is 12.7 Å². The summed E-state index contributed by atoms with van der Waals surface area (Å²) in [7, 11) is 0. The first-order valence-electron chi connectivity index (χ1n) is 10.9. The van der Waals surface area contributed by atoms with Crippen molar-refractivity contribution in [1.82, 2.24) is 0 Å². The van der Waals surface area contributed by atoms with Crippen molar-refractivity contribution in [3.8, 4) is 0 Å². The Morgan fingerprint density at radius 3 is 1.73 bits per heavy atom. The van der Waals surface area contributed by atoms with Crippen molar-refractivity contribution in [2.45, 2.75) is 12.3 Å². The van der Waals surface area contributed by atoms with Crippen LogP contribution in [0.1, 0.15) is 48.5 Å². The fourth-order valence-corrected chi connectivity index (χ4v) is 5.34. The minimum absolute atomic E-state index is 0.205. The van der Waals surface area contributed by atoms with Crippen molar-refractivity contribution >= 4 is 22.7 Å². The lowest BCUT2D eigenvalue weighted by Crippen LogP contribution is -2.38. The maximum absolute atomic E-state index is 14.2. The predicted octanol–water partition coefficient (Wildman–Crippen LogP) is 6.42. The van der Waals surface area contributed by atoms with E-state index in [0.29, 0.717) is 22.3 Å². The van der Waals surface area contributed by atoms with E-state index in [2.05, 4.69) is 0 Å². The SMILES string of the molecule is Cc1ccc(C2=C(c3ccc(F)cc3)c3ccccc3C23C(=O)c2ccccc2C3=O)cc1. The van der Waals surface area contributed by atoms with Crippen molar-refractivity contribution in [1.29, 1.82) is 0 Å². The second kappa shape index (κ2) is 6.94. The summed E-state index contributed by atoms with van der Waals surface area (Å²) in [6.45, 7) is 2.00. The lowest BCUT2D eigenvalue weighted by atomic mass is 9.70. The molecule has 0 N–H and O–H groups in total. The molecule has 6 rings (SSSR count). The van der Waals surface area contributed by atoms with Crippen molar-refractivity contribution in [2.75, 3.05) is 0 Å². The Morgan fingerprint density at radius 1 is 0.606 bits per heavy atom. The Kier molecular flexibility index (Phi) is 4.12. The minimum atomic E-state index is -1.46. The number of carbonyl (C=O) groups is 2.